The SMILES string of the molecule is CC(c1ccccc1F)N(C)C(=O)CCc1nc(-c2ccccn2)no1. The summed E-state index contributed by atoms with van der Waals surface area (Å²) < 4.78 is 19.1. The molecule has 3 aromatic rings. The Bertz CT molecular complexity index is 882. The van der Waals surface area contributed by atoms with Gasteiger partial charge in [0, 0.05) is 31.6 Å². The van der Waals surface area contributed by atoms with E-state index in [2.05, 4.69) is 15.1 Å². The van der Waals surface area contributed by atoms with Crippen molar-refractivity contribution in [2.75, 3.05) is 7.05 Å². The van der Waals surface area contributed by atoms with Gasteiger partial charge in [-0.1, -0.05) is 29.4 Å². The Hall–Kier alpha value is -3.09. The van der Waals surface area contributed by atoms with Crippen molar-refractivity contribution in [3.63, 3.8) is 0 Å². The summed E-state index contributed by atoms with van der Waals surface area (Å²) in [6.45, 7) is 1.79. The van der Waals surface area contributed by atoms with Crippen molar-refractivity contribution in [2.24, 2.45) is 0 Å². The summed E-state index contributed by atoms with van der Waals surface area (Å²) >= 11 is 0. The quantitative estimate of drug-likeness (QED) is 0.678. The zero-order valence-corrected chi connectivity index (χ0v) is 14.6. The highest BCUT2D eigenvalue weighted by atomic mass is 19.1. The summed E-state index contributed by atoms with van der Waals surface area (Å²) in [5.41, 5.74) is 1.10. The Morgan fingerprint density at radius 2 is 2.00 bits per heavy atom. The van der Waals surface area contributed by atoms with Crippen LogP contribution in [0.2, 0.25) is 0 Å². The molecule has 3 rings (SSSR count). The molecule has 0 aliphatic carbocycles. The Morgan fingerprint density at radius 1 is 1.23 bits per heavy atom. The minimum Gasteiger partial charge on any atom is -0.339 e. The maximum Gasteiger partial charge on any atom is 0.227 e. The molecule has 0 bridgehead atoms. The smallest absolute Gasteiger partial charge is 0.227 e. The van der Waals surface area contributed by atoms with Gasteiger partial charge in [-0.2, -0.15) is 4.98 Å². The fraction of sp³-hybridized carbons (Fsp3) is 0.263. The van der Waals surface area contributed by atoms with Crippen LogP contribution in [0.4, 0.5) is 4.39 Å². The van der Waals surface area contributed by atoms with Gasteiger partial charge in [0.15, 0.2) is 0 Å². The highest BCUT2D eigenvalue weighted by Crippen LogP contribution is 2.22. The second-order valence-corrected chi connectivity index (χ2v) is 5.93. The number of benzene rings is 1. The highest BCUT2D eigenvalue weighted by molar-refractivity contribution is 5.76. The van der Waals surface area contributed by atoms with Crippen LogP contribution in [0.3, 0.4) is 0 Å². The van der Waals surface area contributed by atoms with E-state index < -0.39 is 0 Å². The molecule has 1 atom stereocenters. The normalized spacial score (nSPS) is 12.0. The molecule has 0 aliphatic rings. The molecule has 1 aromatic carbocycles. The van der Waals surface area contributed by atoms with Gasteiger partial charge >= 0.3 is 0 Å². The molecule has 0 saturated carbocycles. The van der Waals surface area contributed by atoms with Crippen LogP contribution in [-0.2, 0) is 11.2 Å². The molecule has 2 aromatic heterocycles. The maximum absolute atomic E-state index is 13.9. The van der Waals surface area contributed by atoms with Gasteiger partial charge in [0.05, 0.1) is 6.04 Å². The third kappa shape index (κ3) is 3.93. The first kappa shape index (κ1) is 17.7. The van der Waals surface area contributed by atoms with E-state index in [9.17, 15) is 9.18 Å². The molecule has 0 spiro atoms. The van der Waals surface area contributed by atoms with Gasteiger partial charge in [-0.05, 0) is 25.1 Å². The second kappa shape index (κ2) is 7.86. The number of amides is 1. The number of carbonyl (C=O) groups is 1. The van der Waals surface area contributed by atoms with E-state index >= 15 is 0 Å². The predicted molar refractivity (Wildman–Crippen MR) is 93.4 cm³/mol. The van der Waals surface area contributed by atoms with E-state index in [0.29, 0.717) is 29.4 Å². The minimum atomic E-state index is -0.365. The number of aryl methyl sites for hydroxylation is 1. The maximum atomic E-state index is 13.9. The molecule has 26 heavy (non-hydrogen) atoms. The van der Waals surface area contributed by atoms with Crippen molar-refractivity contribution in [1.82, 2.24) is 20.0 Å². The summed E-state index contributed by atoms with van der Waals surface area (Å²) in [7, 11) is 1.66. The molecule has 1 unspecified atom stereocenters. The summed E-state index contributed by atoms with van der Waals surface area (Å²) in [5.74, 6) is 0.307. The summed E-state index contributed by atoms with van der Waals surface area (Å²) in [4.78, 5) is 22.4. The van der Waals surface area contributed by atoms with Gasteiger partial charge < -0.3 is 9.42 Å². The average molecular weight is 354 g/mol. The fourth-order valence-corrected chi connectivity index (χ4v) is 2.58. The molecular weight excluding hydrogens is 335 g/mol. The lowest BCUT2D eigenvalue weighted by Crippen LogP contribution is -2.30. The van der Waals surface area contributed by atoms with E-state index in [-0.39, 0.29) is 24.2 Å². The van der Waals surface area contributed by atoms with E-state index in [1.54, 1.807) is 50.5 Å². The van der Waals surface area contributed by atoms with Crippen molar-refractivity contribution in [3.8, 4) is 11.5 Å². The van der Waals surface area contributed by atoms with E-state index in [0.717, 1.165) is 0 Å². The van der Waals surface area contributed by atoms with Crippen molar-refractivity contribution in [2.45, 2.75) is 25.8 Å². The lowest BCUT2D eigenvalue weighted by atomic mass is 10.1. The molecule has 0 fully saturated rings. The van der Waals surface area contributed by atoms with Crippen molar-refractivity contribution < 1.29 is 13.7 Å². The van der Waals surface area contributed by atoms with Gasteiger partial charge in [-0.3, -0.25) is 9.78 Å². The number of aromatic nitrogens is 3. The average Bonchev–Trinajstić information content (AvgIpc) is 3.15. The Morgan fingerprint density at radius 3 is 2.73 bits per heavy atom. The molecular formula is C19H19FN4O2. The number of hydrogen-bond acceptors (Lipinski definition) is 5. The van der Waals surface area contributed by atoms with Crippen molar-refractivity contribution in [3.05, 3.63) is 65.9 Å². The first-order valence-electron chi connectivity index (χ1n) is 8.30. The molecule has 0 saturated heterocycles. The lowest BCUT2D eigenvalue weighted by molar-refractivity contribution is -0.131. The molecule has 6 nitrogen and oxygen atoms in total. The molecule has 2 heterocycles. The molecule has 7 heteroatoms. The number of hydrogen-bond donors (Lipinski definition) is 0. The zero-order chi connectivity index (χ0) is 18.5. The van der Waals surface area contributed by atoms with Gasteiger partial charge in [0.25, 0.3) is 0 Å². The molecule has 0 N–H and O–H groups in total. The summed E-state index contributed by atoms with van der Waals surface area (Å²) in [6, 6.07) is 11.5. The largest absolute Gasteiger partial charge is 0.339 e. The summed E-state index contributed by atoms with van der Waals surface area (Å²) in [5, 5.41) is 3.88. The van der Waals surface area contributed by atoms with Gasteiger partial charge in [0.2, 0.25) is 17.6 Å². The Balaban J connectivity index is 1.60. The van der Waals surface area contributed by atoms with Gasteiger partial charge in [-0.25, -0.2) is 4.39 Å². The fourth-order valence-electron chi connectivity index (χ4n) is 2.58. The second-order valence-electron chi connectivity index (χ2n) is 5.93. The number of halogens is 1. The number of pyridine rings is 1. The standard InChI is InChI=1S/C19H19FN4O2/c1-13(14-7-3-4-8-15(14)20)24(2)18(25)11-10-17-22-19(23-26-17)16-9-5-6-12-21-16/h3-9,12-13H,10-11H2,1-2H3. The number of rotatable bonds is 6. The van der Waals surface area contributed by atoms with Crippen LogP contribution in [0, 0.1) is 5.82 Å². The molecule has 134 valence electrons. The van der Waals surface area contributed by atoms with Gasteiger partial charge in [-0.15, -0.1) is 0 Å². The van der Waals surface area contributed by atoms with Crippen LogP contribution >= 0.6 is 0 Å². The first-order valence-corrected chi connectivity index (χ1v) is 8.30. The Labute approximate surface area is 150 Å². The van der Waals surface area contributed by atoms with E-state index in [1.165, 1.54) is 11.0 Å². The van der Waals surface area contributed by atoms with Crippen LogP contribution < -0.4 is 0 Å². The van der Waals surface area contributed by atoms with Crippen LogP contribution in [0.5, 0.6) is 0 Å². The number of carbonyl (C=O) groups excluding carboxylic acids is 1. The van der Waals surface area contributed by atoms with Crippen LogP contribution in [-0.4, -0.2) is 33.0 Å². The van der Waals surface area contributed by atoms with Crippen LogP contribution in [0.1, 0.15) is 30.8 Å². The lowest BCUT2D eigenvalue weighted by Gasteiger charge is -2.25. The number of nitrogens with zero attached hydrogens (tertiary/aromatic N) is 4. The van der Waals surface area contributed by atoms with E-state index in [4.69, 9.17) is 4.52 Å². The van der Waals surface area contributed by atoms with Crippen molar-refractivity contribution >= 4 is 5.91 Å². The zero-order valence-electron chi connectivity index (χ0n) is 14.6. The molecule has 0 radical (unpaired) electrons. The highest BCUT2D eigenvalue weighted by Gasteiger charge is 2.20. The first-order chi connectivity index (χ1) is 12.6. The van der Waals surface area contributed by atoms with E-state index in [1.807, 2.05) is 6.07 Å². The van der Waals surface area contributed by atoms with Gasteiger partial charge in [0.1, 0.15) is 11.5 Å². The topological polar surface area (TPSA) is 72.1 Å². The van der Waals surface area contributed by atoms with Crippen LogP contribution in [0.25, 0.3) is 11.5 Å². The van der Waals surface area contributed by atoms with Crippen molar-refractivity contribution in [1.29, 1.82) is 0 Å². The third-order valence-corrected chi connectivity index (χ3v) is 4.24. The molecule has 0 aliphatic heterocycles. The predicted octanol–water partition coefficient (Wildman–Crippen LogP) is 3.42. The van der Waals surface area contributed by atoms with Crippen LogP contribution in [0.15, 0.2) is 53.2 Å². The Kier molecular flexibility index (Phi) is 5.36. The summed E-state index contributed by atoms with van der Waals surface area (Å²) in [6.07, 6.45) is 2.15. The third-order valence-electron chi connectivity index (χ3n) is 4.24. The minimum absolute atomic E-state index is 0.127. The monoisotopic (exact) mass is 354 g/mol. The molecule has 1 amide bonds.